The lowest BCUT2D eigenvalue weighted by atomic mass is 9.96. The van der Waals surface area contributed by atoms with Crippen LogP contribution in [-0.4, -0.2) is 150 Å². The van der Waals surface area contributed by atoms with Crippen LogP contribution in [0.25, 0.3) is 0 Å². The van der Waals surface area contributed by atoms with Gasteiger partial charge in [0.05, 0.1) is 6.10 Å². The number of aliphatic hydroxyl groups excluding tert-OH is 1. The highest BCUT2D eigenvalue weighted by atomic mass is 16.3. The fourth-order valence-electron chi connectivity index (χ4n) is 7.33. The summed E-state index contributed by atoms with van der Waals surface area (Å²) in [6.07, 6.45) is 1.04. The summed E-state index contributed by atoms with van der Waals surface area (Å²) >= 11 is 0. The molecular weight excluding hydrogens is 875 g/mol. The topological polar surface area (TPSA) is 381 Å². The van der Waals surface area contributed by atoms with E-state index in [0.717, 1.165) is 0 Å². The summed E-state index contributed by atoms with van der Waals surface area (Å²) in [5.41, 5.74) is 16.2. The average Bonchev–Trinajstić information content (AvgIpc) is 3.75. The first-order valence-electron chi connectivity index (χ1n) is 23.2. The van der Waals surface area contributed by atoms with Gasteiger partial charge in [0.25, 0.3) is 0 Å². The van der Waals surface area contributed by atoms with Crippen LogP contribution >= 0.6 is 0 Å². The number of aliphatic hydroxyl groups is 1. The molecule has 0 spiro atoms. The molecule has 24 heteroatoms. The Bertz CT molecular complexity index is 1730. The van der Waals surface area contributed by atoms with Crippen molar-refractivity contribution in [3.05, 3.63) is 0 Å². The number of carbonyl (C=O) groups is 10. The minimum Gasteiger partial charge on any atom is -0.391 e. The van der Waals surface area contributed by atoms with E-state index in [4.69, 9.17) is 17.2 Å². The number of nitrogens with zero attached hydrogens (tertiary/aromatic N) is 2. The normalized spacial score (nSPS) is 16.8. The molecule has 1 aliphatic heterocycles. The number of nitrogens with one attached hydrogen (secondary N) is 8. The Morgan fingerprint density at radius 2 is 1.21 bits per heavy atom. The highest BCUT2D eigenvalue weighted by Gasteiger charge is 2.39. The van der Waals surface area contributed by atoms with Gasteiger partial charge in [-0.25, -0.2) is 0 Å². The maximum atomic E-state index is 14.2. The van der Waals surface area contributed by atoms with Gasteiger partial charge in [-0.3, -0.25) is 52.9 Å². The van der Waals surface area contributed by atoms with Gasteiger partial charge in [0, 0.05) is 46.4 Å². The molecule has 0 saturated carbocycles. The molecule has 67 heavy (non-hydrogen) atoms. The number of rotatable bonds is 31. The zero-order valence-electron chi connectivity index (χ0n) is 40.2. The van der Waals surface area contributed by atoms with E-state index in [1.54, 1.807) is 27.7 Å². The number of unbranched alkanes of at least 4 members (excludes halogenated alkanes) is 1. The Balaban J connectivity index is 3.44. The largest absolute Gasteiger partial charge is 0.391 e. The zero-order chi connectivity index (χ0) is 50.8. The molecule has 24 nitrogen and oxygen atoms in total. The van der Waals surface area contributed by atoms with Crippen LogP contribution in [0.4, 0.5) is 0 Å². The fraction of sp³-hybridized carbons (Fsp3) is 0.744. The lowest BCUT2D eigenvalue weighted by molar-refractivity contribution is -0.142. The van der Waals surface area contributed by atoms with Gasteiger partial charge in [-0.1, -0.05) is 33.6 Å². The molecule has 1 aliphatic rings. The number of hydrogen-bond acceptors (Lipinski definition) is 12. The summed E-state index contributed by atoms with van der Waals surface area (Å²) in [7, 11) is 0. The average molecular weight is 952 g/mol. The Morgan fingerprint density at radius 3 is 1.76 bits per heavy atom. The van der Waals surface area contributed by atoms with Crippen LogP contribution in [0, 0.1) is 5.92 Å². The molecule has 0 aromatic rings. The van der Waals surface area contributed by atoms with Gasteiger partial charge in [-0.2, -0.15) is 0 Å². The fourth-order valence-corrected chi connectivity index (χ4v) is 7.33. The van der Waals surface area contributed by atoms with Crippen molar-refractivity contribution in [2.45, 2.75) is 174 Å². The van der Waals surface area contributed by atoms with E-state index in [0.29, 0.717) is 45.1 Å². The van der Waals surface area contributed by atoms with E-state index in [9.17, 15) is 53.1 Å². The van der Waals surface area contributed by atoms with E-state index in [-0.39, 0.29) is 75.9 Å². The molecular formula is C43H77N13O11. The van der Waals surface area contributed by atoms with Gasteiger partial charge >= 0.3 is 0 Å². The van der Waals surface area contributed by atoms with Crippen molar-refractivity contribution in [1.82, 2.24) is 47.4 Å². The number of nitrogens with two attached hydrogens (primary N) is 3. The Labute approximate surface area is 393 Å². The quantitative estimate of drug-likeness (QED) is 0.0186. The van der Waals surface area contributed by atoms with Crippen molar-refractivity contribution < 1.29 is 53.1 Å². The summed E-state index contributed by atoms with van der Waals surface area (Å²) in [5, 5.41) is 31.7. The molecule has 0 bridgehead atoms. The van der Waals surface area contributed by atoms with E-state index in [2.05, 4.69) is 47.5 Å². The summed E-state index contributed by atoms with van der Waals surface area (Å²) < 4.78 is 0. The minimum atomic E-state index is -1.64. The number of likely N-dealkylation sites (tertiary alicyclic amines) is 1. The number of aliphatic imine (C=N–C) groups is 1. The van der Waals surface area contributed by atoms with E-state index in [1.807, 2.05) is 0 Å². The predicted molar refractivity (Wildman–Crippen MR) is 248 cm³/mol. The first-order chi connectivity index (χ1) is 31.6. The van der Waals surface area contributed by atoms with Gasteiger partial charge < -0.3 is 69.7 Å². The van der Waals surface area contributed by atoms with Crippen molar-refractivity contribution >= 4 is 65.0 Å². The summed E-state index contributed by atoms with van der Waals surface area (Å²) in [6, 6.07) is -8.58. The third kappa shape index (κ3) is 21.9. The van der Waals surface area contributed by atoms with Crippen LogP contribution in [-0.2, 0) is 47.9 Å². The van der Waals surface area contributed by atoms with Crippen molar-refractivity contribution in [2.24, 2.45) is 28.1 Å². The molecule has 10 amide bonds. The molecule has 0 aliphatic carbocycles. The molecule has 0 radical (unpaired) electrons. The second-order valence-corrected chi connectivity index (χ2v) is 16.8. The molecule has 0 unspecified atom stereocenters. The number of carbonyl (C=O) groups excluding carboxylic acids is 10. The number of hydrogen-bond donors (Lipinski definition) is 12. The van der Waals surface area contributed by atoms with Gasteiger partial charge in [-0.05, 0) is 77.6 Å². The predicted octanol–water partition coefficient (Wildman–Crippen LogP) is -3.11. The Hall–Kier alpha value is -6.07. The van der Waals surface area contributed by atoms with Crippen LogP contribution in [0.5, 0.6) is 0 Å². The smallest absolute Gasteiger partial charge is 0.245 e. The SMILES string of the molecule is CCC[C@H](NC(=O)[C@@H](NC(=O)[C@H](NC(=O)[C@@H](CCC(N)=O)NC(C)=O)[C@@H](C)CC)[C@@H](C)O)C(=O)N[C@@H](CCCCNC(C)=O)C(=O)N[C@@H](CCCN=C(N)N)C(=O)N1CCC[C@H]1C(=O)NCC. The van der Waals surface area contributed by atoms with Gasteiger partial charge in [-0.15, -0.1) is 0 Å². The first-order valence-corrected chi connectivity index (χ1v) is 23.2. The summed E-state index contributed by atoms with van der Waals surface area (Å²) in [5.74, 6) is -7.17. The third-order valence-electron chi connectivity index (χ3n) is 11.1. The standard InChI is InChI=1S/C43H77N13O11/c1-8-15-28(52-41(66)35(25(5)57)55-40(65)34(24(4)9-2)54-38(63)30(50-27(7)59)19-20-33(44)60)36(61)51-29(16-11-12-21-48-26(6)58)37(62)53-31(17-13-22-49-43(45)46)42(67)56-23-14-18-32(56)39(64)47-10-3/h24-25,28-32,34-35,57H,8-23H2,1-7H3,(H2,44,60)(H,47,64)(H,48,58)(H,50,59)(H,51,61)(H,52,66)(H,53,62)(H,54,63)(H,55,65)(H4,45,46,49)/t24-,25+,28-,29-,30+,31-,32-,34+,35-/m0/s1. The monoisotopic (exact) mass is 952 g/mol. The van der Waals surface area contributed by atoms with E-state index >= 15 is 0 Å². The maximum Gasteiger partial charge on any atom is 0.245 e. The van der Waals surface area contributed by atoms with Crippen molar-refractivity contribution in [2.75, 3.05) is 26.2 Å². The van der Waals surface area contributed by atoms with Crippen molar-refractivity contribution in [1.29, 1.82) is 0 Å². The number of likely N-dealkylation sites (N-methyl/N-ethyl adjacent to an activating group) is 1. The molecule has 1 saturated heterocycles. The number of guanidine groups is 1. The van der Waals surface area contributed by atoms with Crippen LogP contribution in [0.1, 0.15) is 126 Å². The summed E-state index contributed by atoms with van der Waals surface area (Å²) in [4.78, 5) is 136. The molecule has 380 valence electrons. The van der Waals surface area contributed by atoms with E-state index in [1.165, 1.54) is 25.7 Å². The van der Waals surface area contributed by atoms with Gasteiger partial charge in [0.1, 0.15) is 42.3 Å². The third-order valence-corrected chi connectivity index (χ3v) is 11.1. The first kappa shape index (κ1) is 58.9. The lowest BCUT2D eigenvalue weighted by Gasteiger charge is -2.31. The van der Waals surface area contributed by atoms with Crippen LogP contribution in [0.15, 0.2) is 4.99 Å². The Kier molecular flexibility index (Phi) is 27.3. The molecule has 1 heterocycles. The molecule has 1 fully saturated rings. The van der Waals surface area contributed by atoms with Crippen LogP contribution in [0.2, 0.25) is 0 Å². The second kappa shape index (κ2) is 31.0. The molecule has 0 aromatic carbocycles. The molecule has 9 atom stereocenters. The zero-order valence-corrected chi connectivity index (χ0v) is 40.2. The van der Waals surface area contributed by atoms with Crippen LogP contribution in [0.3, 0.4) is 0 Å². The Morgan fingerprint density at radius 1 is 0.657 bits per heavy atom. The molecule has 0 aromatic heterocycles. The lowest BCUT2D eigenvalue weighted by Crippen LogP contribution is -2.62. The summed E-state index contributed by atoms with van der Waals surface area (Å²) in [6.45, 7) is 11.8. The van der Waals surface area contributed by atoms with Crippen LogP contribution < -0.4 is 59.7 Å². The number of primary amides is 1. The van der Waals surface area contributed by atoms with Gasteiger partial charge in [0.15, 0.2) is 5.96 Å². The minimum absolute atomic E-state index is 0.0461. The molecule has 15 N–H and O–H groups in total. The second-order valence-electron chi connectivity index (χ2n) is 16.8. The van der Waals surface area contributed by atoms with Gasteiger partial charge in [0.2, 0.25) is 59.1 Å². The van der Waals surface area contributed by atoms with Crippen molar-refractivity contribution in [3.63, 3.8) is 0 Å². The van der Waals surface area contributed by atoms with Crippen molar-refractivity contribution in [3.8, 4) is 0 Å². The van der Waals surface area contributed by atoms with E-state index < -0.39 is 102 Å². The molecule has 1 rings (SSSR count). The highest BCUT2D eigenvalue weighted by Crippen LogP contribution is 2.20. The number of amides is 10. The highest BCUT2D eigenvalue weighted by molar-refractivity contribution is 5.98. The maximum absolute atomic E-state index is 14.2.